The molecule has 2 aromatic heterocycles. The number of amides is 17. The minimum absolute atomic E-state index is 0.00683. The van der Waals surface area contributed by atoms with Crippen LogP contribution in [0.5, 0.6) is 5.75 Å². The lowest BCUT2D eigenvalue weighted by Crippen LogP contribution is -2.62. The van der Waals surface area contributed by atoms with Crippen LogP contribution >= 0.6 is 11.8 Å². The van der Waals surface area contributed by atoms with Crippen molar-refractivity contribution < 1.29 is 125 Å². The highest BCUT2D eigenvalue weighted by atomic mass is 32.2. The number of carboxylic acid groups (broad SMARTS) is 1. The number of hydrogen-bond acceptors (Lipinski definition) is 25. The standard InChI is InChI=1S/C90H133N21O21S.C2HF3O2/c1-13-15-24-70-84(126)99-61(33-48(3)4)81(123)105-68(79(121)96-42-74(94)115)46-133-47-75(116)97-64(35-52-27-29-55(112)30-28-52)86(128)106(9)50(7)77(119)101-66(39-73(93)114)87(129)107(10)51(8)78(120)104-67(40-92)83(125)102-63(34-49(5)6)89(131)111-44-56(113)38-72(111)85(127)100-62(36-53-41-95-59-23-19-17-21-57(53)59)82(124)98-60(31-32-91)80(122)103-65(88(130)109(12)71(25-16-14-2)90(132)108(70)11)37-54-43-110(45-76(117)118)69-26-20-18-22-58(54)69;3-2(4,5)1(6)7/h17-23,26-30,41,43,48-51,56,60-68,70-72,76,95,112-113,117-118H,13-16,24-25,31-40,42,44-47,91-92H2,1-12H3,(H2,93,114)(H2,94,115)(H,96,121)(H,97,116)(H,98,124)(H,99,126)(H,100,127)(H,101,119)(H,102,125)(H,103,122)(H,104,120)(H,105,123);(H,6,7)/t50-,51-,56+,60-,61-,62-,63-,64-,65-,66-,67-,68-,70-,71-,72-;/m0./s1. The number of para-hydroxylation sites is 2. The summed E-state index contributed by atoms with van der Waals surface area (Å²) >= 11 is 0.782. The molecule has 0 saturated carbocycles. The number of phenols is 1. The van der Waals surface area contributed by atoms with E-state index >= 15 is 33.6 Å². The second-order valence-electron chi connectivity index (χ2n) is 35.7. The number of aromatic hydroxyl groups is 1. The highest BCUT2D eigenvalue weighted by Crippen LogP contribution is 2.29. The number of likely N-dealkylation sites (N-methyl/N-ethyl adjacent to an activating group) is 4. The third-order valence-corrected chi connectivity index (χ3v) is 24.9. The Balaban J connectivity index is 0.00000412. The van der Waals surface area contributed by atoms with Crippen molar-refractivity contribution >= 4 is 140 Å². The van der Waals surface area contributed by atoms with E-state index in [0.717, 1.165) is 38.4 Å². The van der Waals surface area contributed by atoms with Gasteiger partial charge in [-0.2, -0.15) is 13.2 Å². The van der Waals surface area contributed by atoms with E-state index in [1.54, 1.807) is 88.6 Å². The molecule has 15 atom stereocenters. The summed E-state index contributed by atoms with van der Waals surface area (Å²) in [5.74, 6) is -20.6. The van der Waals surface area contributed by atoms with Crippen LogP contribution in [0.1, 0.15) is 143 Å². The number of H-pyrrole nitrogens is 1. The fourth-order valence-electron chi connectivity index (χ4n) is 16.0. The molecule has 0 radical (unpaired) electrons. The number of halogens is 3. The van der Waals surface area contributed by atoms with Crippen molar-refractivity contribution in [2.24, 2.45) is 34.8 Å². The molecule has 7 rings (SSSR count). The number of aliphatic carboxylic acids is 1. The quantitative estimate of drug-likeness (QED) is 0.0254. The number of unbranched alkanes of at least 4 members (excludes halogenated alkanes) is 2. The Hall–Kier alpha value is -13.1. The van der Waals surface area contributed by atoms with Crippen molar-refractivity contribution in [3.8, 4) is 5.75 Å². The third-order valence-electron chi connectivity index (χ3n) is 23.8. The molecule has 0 spiro atoms. The Kier molecular flexibility index (Phi) is 45.0. The highest BCUT2D eigenvalue weighted by Gasteiger charge is 2.46. The highest BCUT2D eigenvalue weighted by molar-refractivity contribution is 8.00. The maximum atomic E-state index is 16.0. The zero-order valence-electron chi connectivity index (χ0n) is 80.4. The number of aromatic amines is 1. The van der Waals surface area contributed by atoms with Crippen LogP contribution < -0.4 is 76.1 Å². The normalized spacial score (nSPS) is 24.1. The van der Waals surface area contributed by atoms with Gasteiger partial charge in [-0.25, -0.2) is 4.79 Å². The number of nitrogens with one attached hydrogen (secondary N) is 11. The number of nitrogens with two attached hydrogens (primary N) is 4. The number of carbonyl (C=O) groups is 18. The Morgan fingerprint density at radius 1 is 0.543 bits per heavy atom. The van der Waals surface area contributed by atoms with E-state index in [1.807, 2.05) is 13.8 Å². The number of aromatic nitrogens is 2. The van der Waals surface area contributed by atoms with E-state index in [4.69, 9.17) is 32.8 Å². The van der Waals surface area contributed by atoms with Crippen LogP contribution in [-0.4, -0.2) is 335 Å². The van der Waals surface area contributed by atoms with E-state index in [1.165, 1.54) is 68.7 Å². The predicted octanol–water partition coefficient (Wildman–Crippen LogP) is -2.52. The predicted molar refractivity (Wildman–Crippen MR) is 506 cm³/mol. The number of primary amides is 2. The van der Waals surface area contributed by atoms with Gasteiger partial charge in [-0.15, -0.1) is 11.8 Å². The Bertz CT molecular complexity index is 5180. The lowest BCUT2D eigenvalue weighted by Gasteiger charge is -2.36. The first kappa shape index (κ1) is 116. The number of benzene rings is 3. The monoisotopic (exact) mass is 1990 g/mol. The van der Waals surface area contributed by atoms with Gasteiger partial charge < -0.3 is 136 Å². The van der Waals surface area contributed by atoms with Gasteiger partial charge in [0.25, 0.3) is 0 Å². The SMILES string of the molecule is CCCC[C@H]1C(=O)N(C)[C@@H](CCCC)C(=O)N[C@@H](CC(C)C)C(=O)N[C@H](C(=O)NCC(N)=O)CSCC(=O)N[C@@H](Cc2ccc(O)cc2)C(=O)N(C)[C@@H](C)C(=O)N[C@@H](CC(N)=O)C(=O)N(C)[C@@H](C)C(=O)N[C@@H](CN)C(=O)N[C@@H](CC(C)C)C(=O)N2C[C@H](O)C[C@H]2C(=O)N[C@@H](Cc2c[nH]c3ccccc23)C(=O)N[C@@H](CCN)C(=O)N[C@@H](Cc2cn(CC(O)O)c3ccccc23)C(=O)N1C.O=C(O)C(F)(F)F. The van der Waals surface area contributed by atoms with Gasteiger partial charge in [0.1, 0.15) is 90.3 Å². The zero-order chi connectivity index (χ0) is 105. The summed E-state index contributed by atoms with van der Waals surface area (Å²) < 4.78 is 33.3. The van der Waals surface area contributed by atoms with E-state index in [0.29, 0.717) is 64.2 Å². The number of thioether (sulfide) groups is 1. The minimum Gasteiger partial charge on any atom is -0.508 e. The third kappa shape index (κ3) is 33.9. The van der Waals surface area contributed by atoms with Gasteiger partial charge in [0.15, 0.2) is 6.29 Å². The molecule has 2 saturated heterocycles. The summed E-state index contributed by atoms with van der Waals surface area (Å²) in [5, 5.41) is 76.8. The molecule has 2 fully saturated rings. The fourth-order valence-corrected chi connectivity index (χ4v) is 16.8. The van der Waals surface area contributed by atoms with E-state index in [2.05, 4.69) is 58.2 Å². The number of aliphatic hydroxyl groups excluding tert-OH is 2. The summed E-state index contributed by atoms with van der Waals surface area (Å²) in [5.41, 5.74) is 25.9. The first-order chi connectivity index (χ1) is 65.9. The summed E-state index contributed by atoms with van der Waals surface area (Å²) in [4.78, 5) is 266. The molecule has 17 amide bonds. The lowest BCUT2D eigenvalue weighted by molar-refractivity contribution is -0.192. The van der Waals surface area contributed by atoms with Crippen LogP contribution in [0.25, 0.3) is 21.8 Å². The van der Waals surface area contributed by atoms with Crippen LogP contribution in [0, 0.1) is 11.8 Å². The van der Waals surface area contributed by atoms with E-state index in [-0.39, 0.29) is 88.5 Å². The average molecular weight is 1990 g/mol. The van der Waals surface area contributed by atoms with Gasteiger partial charge >= 0.3 is 12.1 Å². The molecule has 3 aromatic carbocycles. The molecular weight excluding hydrogens is 1860 g/mol. The molecule has 24 N–H and O–H groups in total. The number of hydrogen-bond donors (Lipinski definition) is 20. The summed E-state index contributed by atoms with van der Waals surface area (Å²) in [7, 11) is 5.05. The second-order valence-corrected chi connectivity index (χ2v) is 36.7. The van der Waals surface area contributed by atoms with Crippen molar-refractivity contribution in [1.82, 2.24) is 87.2 Å². The van der Waals surface area contributed by atoms with Crippen molar-refractivity contribution in [3.63, 3.8) is 0 Å². The maximum Gasteiger partial charge on any atom is 0.490 e. The van der Waals surface area contributed by atoms with Crippen molar-refractivity contribution in [2.45, 2.75) is 255 Å². The molecule has 48 heteroatoms. The second kappa shape index (κ2) is 54.5. The zero-order valence-corrected chi connectivity index (χ0v) is 81.3. The van der Waals surface area contributed by atoms with E-state index in [9.17, 15) is 81.5 Å². The molecule has 2 aliphatic rings. The molecule has 2 aliphatic heterocycles. The molecule has 772 valence electrons. The molecule has 140 heavy (non-hydrogen) atoms. The van der Waals surface area contributed by atoms with E-state index < -0.39 is 247 Å². The first-order valence-electron chi connectivity index (χ1n) is 46.0. The Morgan fingerprint density at radius 3 is 1.61 bits per heavy atom. The van der Waals surface area contributed by atoms with Gasteiger partial charge in [-0.05, 0) is 105 Å². The largest absolute Gasteiger partial charge is 0.508 e. The lowest BCUT2D eigenvalue weighted by atomic mass is 9.99. The topological polar surface area (TPSA) is 670 Å². The summed E-state index contributed by atoms with van der Waals surface area (Å²) in [6.45, 7) is 10.8. The number of aliphatic hydroxyl groups is 3. The smallest absolute Gasteiger partial charge is 0.490 e. The molecule has 0 bridgehead atoms. The number of fused-ring (bicyclic) bond motifs is 3. The summed E-state index contributed by atoms with van der Waals surface area (Å²) in [6.07, 6.45) is -6.07. The van der Waals surface area contributed by atoms with Crippen LogP contribution in [0.15, 0.2) is 85.2 Å². The molecule has 44 nitrogen and oxygen atoms in total. The molecule has 0 unspecified atom stereocenters. The molecule has 5 aromatic rings. The van der Waals surface area contributed by atoms with Gasteiger partial charge in [0, 0.05) is 107 Å². The molecule has 4 heterocycles. The van der Waals surface area contributed by atoms with Crippen LogP contribution in [0.4, 0.5) is 13.2 Å². The number of phenolic OH excluding ortho intramolecular Hbond substituents is 1. The van der Waals surface area contributed by atoms with Crippen molar-refractivity contribution in [3.05, 3.63) is 102 Å². The molecule has 0 aliphatic carbocycles. The number of carbonyl (C=O) groups excluding carboxylic acids is 17. The van der Waals surface area contributed by atoms with Crippen LogP contribution in [-0.2, 0) is 112 Å². The van der Waals surface area contributed by atoms with Crippen molar-refractivity contribution in [1.29, 1.82) is 0 Å². The summed E-state index contributed by atoms with van der Waals surface area (Å²) in [6, 6.07) is -2.26. The van der Waals surface area contributed by atoms with Gasteiger partial charge in [-0.3, -0.25) is 81.5 Å². The minimum atomic E-state index is -5.08. The Labute approximate surface area is 811 Å². The first-order valence-corrected chi connectivity index (χ1v) is 47.2. The number of alkyl halides is 3. The Morgan fingerprint density at radius 2 is 1.04 bits per heavy atom. The number of carboxylic acids is 1. The maximum absolute atomic E-state index is 16.0. The van der Waals surface area contributed by atoms with Crippen LogP contribution in [0.3, 0.4) is 0 Å². The van der Waals surface area contributed by atoms with Gasteiger partial charge in [0.2, 0.25) is 100 Å². The number of rotatable bonds is 26. The van der Waals surface area contributed by atoms with Crippen LogP contribution in [0.2, 0.25) is 0 Å². The van der Waals surface area contributed by atoms with Gasteiger partial charge in [0.05, 0.1) is 31.4 Å². The van der Waals surface area contributed by atoms with Crippen molar-refractivity contribution in [2.75, 3.05) is 65.9 Å². The number of nitrogens with zero attached hydrogens (tertiary/aromatic N) is 6. The fraction of sp³-hybridized carbons (Fsp3) is 0.565. The van der Waals surface area contributed by atoms with Gasteiger partial charge in [-0.1, -0.05) is 116 Å². The average Bonchev–Trinajstić information content (AvgIpc) is 1.63. The molecular formula is C92H134F3N21O23S.